The summed E-state index contributed by atoms with van der Waals surface area (Å²) in [6, 6.07) is 0.683. The highest BCUT2D eigenvalue weighted by Crippen LogP contribution is 2.40. The summed E-state index contributed by atoms with van der Waals surface area (Å²) in [5.41, 5.74) is 0.0118. The first-order chi connectivity index (χ1) is 9.82. The topological polar surface area (TPSA) is 41.5 Å². The third-order valence-electron chi connectivity index (χ3n) is 5.75. The lowest BCUT2D eigenvalue weighted by Gasteiger charge is -2.35. The van der Waals surface area contributed by atoms with E-state index in [1.54, 1.807) is 0 Å². The Labute approximate surface area is 123 Å². The van der Waals surface area contributed by atoms with Crippen LogP contribution >= 0.6 is 0 Å². The van der Waals surface area contributed by atoms with E-state index in [0.717, 1.165) is 32.0 Å². The second kappa shape index (κ2) is 6.76. The van der Waals surface area contributed by atoms with E-state index in [4.69, 9.17) is 4.74 Å². The minimum Gasteiger partial charge on any atom is -0.394 e. The van der Waals surface area contributed by atoms with Crippen LogP contribution < -0.4 is 5.32 Å². The molecule has 3 saturated carbocycles. The Bertz CT molecular complexity index is 299. The van der Waals surface area contributed by atoms with Crippen molar-refractivity contribution in [1.82, 2.24) is 5.32 Å². The van der Waals surface area contributed by atoms with Crippen LogP contribution in [0, 0.1) is 11.8 Å². The van der Waals surface area contributed by atoms with Gasteiger partial charge in [0.1, 0.15) is 0 Å². The first-order valence-electron chi connectivity index (χ1n) is 8.79. The zero-order chi connectivity index (χ0) is 13.8. The van der Waals surface area contributed by atoms with Crippen molar-refractivity contribution in [1.29, 1.82) is 0 Å². The average Bonchev–Trinajstić information content (AvgIpc) is 2.97. The number of rotatable bonds is 8. The maximum atomic E-state index is 9.89. The zero-order valence-corrected chi connectivity index (χ0v) is 12.8. The van der Waals surface area contributed by atoms with Gasteiger partial charge in [0.05, 0.1) is 6.61 Å². The lowest BCUT2D eigenvalue weighted by molar-refractivity contribution is 0.0635. The van der Waals surface area contributed by atoms with Crippen LogP contribution in [0.25, 0.3) is 0 Å². The molecule has 0 bridgehead atoms. The smallest absolute Gasteiger partial charge is 0.0616 e. The van der Waals surface area contributed by atoms with Gasteiger partial charge in [0.2, 0.25) is 0 Å². The number of ether oxygens (including phenoxy) is 1. The fourth-order valence-corrected chi connectivity index (χ4v) is 4.30. The maximum Gasteiger partial charge on any atom is 0.0616 e. The Morgan fingerprint density at radius 1 is 1.05 bits per heavy atom. The largest absolute Gasteiger partial charge is 0.394 e. The Morgan fingerprint density at radius 2 is 1.85 bits per heavy atom. The Morgan fingerprint density at radius 3 is 2.55 bits per heavy atom. The van der Waals surface area contributed by atoms with E-state index in [9.17, 15) is 5.11 Å². The predicted octanol–water partition coefficient (Wildman–Crippen LogP) is 2.87. The molecule has 0 saturated heterocycles. The van der Waals surface area contributed by atoms with Gasteiger partial charge in [-0.1, -0.05) is 19.3 Å². The van der Waals surface area contributed by atoms with Gasteiger partial charge in [-0.3, -0.25) is 0 Å². The third kappa shape index (κ3) is 3.55. The second-order valence-electron chi connectivity index (χ2n) is 7.34. The lowest BCUT2D eigenvalue weighted by Crippen LogP contribution is -2.52. The highest BCUT2D eigenvalue weighted by Gasteiger charge is 2.44. The molecule has 20 heavy (non-hydrogen) atoms. The fraction of sp³-hybridized carbons (Fsp3) is 1.00. The molecular formula is C17H31NO2. The molecule has 0 aromatic carbocycles. The molecule has 0 aliphatic heterocycles. The summed E-state index contributed by atoms with van der Waals surface area (Å²) in [5, 5.41) is 13.6. The molecule has 2 N–H and O–H groups in total. The van der Waals surface area contributed by atoms with Gasteiger partial charge >= 0.3 is 0 Å². The molecule has 3 fully saturated rings. The summed E-state index contributed by atoms with van der Waals surface area (Å²) < 4.78 is 5.93. The quantitative estimate of drug-likeness (QED) is 0.672. The van der Waals surface area contributed by atoms with Crippen LogP contribution in [0.4, 0.5) is 0 Å². The highest BCUT2D eigenvalue weighted by atomic mass is 16.5. The van der Waals surface area contributed by atoms with Crippen LogP contribution in [-0.2, 0) is 4.74 Å². The van der Waals surface area contributed by atoms with Crippen molar-refractivity contribution in [2.45, 2.75) is 75.8 Å². The van der Waals surface area contributed by atoms with Gasteiger partial charge in [0.25, 0.3) is 0 Å². The molecule has 0 amide bonds. The molecule has 3 heteroatoms. The van der Waals surface area contributed by atoms with Crippen LogP contribution in [-0.4, -0.2) is 36.5 Å². The van der Waals surface area contributed by atoms with E-state index in [2.05, 4.69) is 5.32 Å². The van der Waals surface area contributed by atoms with Gasteiger partial charge in [-0.2, -0.15) is 0 Å². The van der Waals surface area contributed by atoms with Crippen LogP contribution in [0.1, 0.15) is 64.2 Å². The van der Waals surface area contributed by atoms with E-state index in [1.165, 1.54) is 51.4 Å². The molecule has 2 unspecified atom stereocenters. The van der Waals surface area contributed by atoms with Crippen molar-refractivity contribution in [2.75, 3.05) is 19.8 Å². The molecule has 116 valence electrons. The Balaban J connectivity index is 1.40. The fourth-order valence-electron chi connectivity index (χ4n) is 4.30. The van der Waals surface area contributed by atoms with Gasteiger partial charge in [0.15, 0.2) is 0 Å². The molecule has 0 aromatic heterocycles. The second-order valence-corrected chi connectivity index (χ2v) is 7.34. The zero-order valence-electron chi connectivity index (χ0n) is 12.8. The lowest BCUT2D eigenvalue weighted by atomic mass is 9.85. The number of aliphatic hydroxyl groups is 1. The normalized spacial score (nSPS) is 35.0. The molecule has 0 spiro atoms. The Kier molecular flexibility index (Phi) is 5.00. The molecule has 3 aliphatic rings. The number of nitrogens with one attached hydrogen (secondary N) is 1. The minimum absolute atomic E-state index is 0.0118. The van der Waals surface area contributed by atoms with Gasteiger partial charge in [0, 0.05) is 24.8 Å². The van der Waals surface area contributed by atoms with Crippen molar-refractivity contribution < 1.29 is 9.84 Å². The highest BCUT2D eigenvalue weighted by molar-refractivity contribution is 5.02. The number of hydrogen-bond acceptors (Lipinski definition) is 3. The van der Waals surface area contributed by atoms with E-state index in [-0.39, 0.29) is 5.54 Å². The van der Waals surface area contributed by atoms with Gasteiger partial charge in [-0.15, -0.1) is 0 Å². The summed E-state index contributed by atoms with van der Waals surface area (Å²) in [4.78, 5) is 0. The van der Waals surface area contributed by atoms with Crippen molar-refractivity contribution in [3.63, 3.8) is 0 Å². The summed E-state index contributed by atoms with van der Waals surface area (Å²) in [6.07, 6.45) is 12.9. The molecule has 0 heterocycles. The van der Waals surface area contributed by atoms with E-state index in [1.807, 2.05) is 0 Å². The molecule has 0 aromatic rings. The summed E-state index contributed by atoms with van der Waals surface area (Å²) in [6.45, 7) is 2.15. The van der Waals surface area contributed by atoms with E-state index < -0.39 is 0 Å². The van der Waals surface area contributed by atoms with E-state index in [0.29, 0.717) is 18.6 Å². The predicted molar refractivity (Wildman–Crippen MR) is 80.7 cm³/mol. The van der Waals surface area contributed by atoms with Gasteiger partial charge in [-0.25, -0.2) is 0 Å². The SMILES string of the molecule is OCC1(NC2CC2)CCCC1CCOCC1CCCC1. The van der Waals surface area contributed by atoms with Crippen molar-refractivity contribution in [3.05, 3.63) is 0 Å². The summed E-state index contributed by atoms with van der Waals surface area (Å²) in [7, 11) is 0. The van der Waals surface area contributed by atoms with Crippen LogP contribution in [0.2, 0.25) is 0 Å². The molecule has 3 nitrogen and oxygen atoms in total. The number of aliphatic hydroxyl groups excluding tert-OH is 1. The van der Waals surface area contributed by atoms with Crippen molar-refractivity contribution >= 4 is 0 Å². The summed E-state index contributed by atoms with van der Waals surface area (Å²) in [5.74, 6) is 1.43. The third-order valence-corrected chi connectivity index (χ3v) is 5.75. The minimum atomic E-state index is 0.0118. The van der Waals surface area contributed by atoms with Gasteiger partial charge in [-0.05, 0) is 56.8 Å². The number of hydrogen-bond donors (Lipinski definition) is 2. The average molecular weight is 281 g/mol. The van der Waals surface area contributed by atoms with Crippen molar-refractivity contribution in [2.24, 2.45) is 11.8 Å². The maximum absolute atomic E-state index is 9.89. The Hall–Kier alpha value is -0.120. The van der Waals surface area contributed by atoms with Crippen LogP contribution in [0.5, 0.6) is 0 Å². The van der Waals surface area contributed by atoms with E-state index >= 15 is 0 Å². The standard InChI is InChI=1S/C17H31NO2/c19-13-17(18-16-7-8-16)10-3-6-15(17)9-11-20-12-14-4-1-2-5-14/h14-16,18-19H,1-13H2. The molecular weight excluding hydrogens is 250 g/mol. The van der Waals surface area contributed by atoms with Crippen LogP contribution in [0.3, 0.4) is 0 Å². The molecule has 3 rings (SSSR count). The molecule has 3 aliphatic carbocycles. The summed E-state index contributed by atoms with van der Waals surface area (Å²) >= 11 is 0. The van der Waals surface area contributed by atoms with Gasteiger partial charge < -0.3 is 15.2 Å². The first-order valence-corrected chi connectivity index (χ1v) is 8.79. The van der Waals surface area contributed by atoms with Crippen molar-refractivity contribution in [3.8, 4) is 0 Å². The van der Waals surface area contributed by atoms with Crippen LogP contribution in [0.15, 0.2) is 0 Å². The monoisotopic (exact) mass is 281 g/mol. The first kappa shape index (κ1) is 14.8. The molecule has 2 atom stereocenters. The molecule has 0 radical (unpaired) electrons.